The number of aromatic amines is 1. The molecular weight excluding hydrogens is 605 g/mol. The van der Waals surface area contributed by atoms with Crippen LogP contribution in [0.1, 0.15) is 40.7 Å². The molecule has 244 valence electrons. The first kappa shape index (κ1) is 31.6. The molecule has 12 heteroatoms. The van der Waals surface area contributed by atoms with Crippen molar-refractivity contribution in [3.05, 3.63) is 95.6 Å². The maximum atomic E-state index is 15.2. The number of carbonyl (C=O) groups excluding carboxylic acids is 3. The first-order valence-corrected chi connectivity index (χ1v) is 15.6. The Morgan fingerprint density at radius 1 is 1.09 bits per heavy atom. The number of ether oxygens (including phenoxy) is 3. The summed E-state index contributed by atoms with van der Waals surface area (Å²) in [6, 6.07) is 16.0. The van der Waals surface area contributed by atoms with Crippen LogP contribution in [-0.2, 0) is 22.6 Å². The number of likely N-dealkylation sites (tertiary alicyclic amines) is 1. The molecule has 4 heterocycles. The van der Waals surface area contributed by atoms with Crippen LogP contribution in [0.3, 0.4) is 0 Å². The first-order chi connectivity index (χ1) is 22.9. The van der Waals surface area contributed by atoms with Gasteiger partial charge in [0.05, 0.1) is 24.9 Å². The van der Waals surface area contributed by atoms with E-state index in [9.17, 15) is 14.4 Å². The molecule has 3 amide bonds. The standard InChI is InChI=1S/C35H36FN5O6/c1-45-32-16-27-10-8-25(32)19-37-33(42)21-46-26-6-3-5-23(14-26)24-9-11-29(36)28(15-24)35(44)40-30-20-41(13-12-31(30)47-27)34(43)7-2-4-22-17-38-39-18-22/h3,5-6,8-11,14-18,30-31H,2,4,7,12-13,19-21H2,1H3,(H,37,42)(H,38,39)(H,40,44)/t30-,31+/m1/s1. The maximum Gasteiger partial charge on any atom is 0.258 e. The summed E-state index contributed by atoms with van der Waals surface area (Å²) in [5.41, 5.74) is 2.90. The molecule has 4 aromatic rings. The lowest BCUT2D eigenvalue weighted by atomic mass is 9.99. The average Bonchev–Trinajstić information content (AvgIpc) is 3.61. The molecule has 3 aromatic carbocycles. The minimum Gasteiger partial charge on any atom is -0.496 e. The molecule has 2 atom stereocenters. The van der Waals surface area contributed by atoms with Gasteiger partial charge in [-0.15, -0.1) is 0 Å². The molecular formula is C35H36FN5O6. The number of hydrogen-bond acceptors (Lipinski definition) is 7. The molecule has 3 aliphatic rings. The number of nitrogens with one attached hydrogen (secondary N) is 3. The molecule has 0 spiro atoms. The first-order valence-electron chi connectivity index (χ1n) is 15.6. The Labute approximate surface area is 271 Å². The van der Waals surface area contributed by atoms with Crippen LogP contribution >= 0.6 is 0 Å². The minimum absolute atomic E-state index is 0.0315. The number of hydrogen-bond donors (Lipinski definition) is 3. The van der Waals surface area contributed by atoms with Crippen molar-refractivity contribution in [1.82, 2.24) is 25.7 Å². The molecule has 1 fully saturated rings. The number of methoxy groups -OCH3 is 1. The zero-order valence-corrected chi connectivity index (χ0v) is 26.0. The fraction of sp³-hybridized carbons (Fsp3) is 0.314. The molecule has 0 aliphatic carbocycles. The smallest absolute Gasteiger partial charge is 0.258 e. The van der Waals surface area contributed by atoms with Crippen molar-refractivity contribution >= 4 is 17.7 Å². The van der Waals surface area contributed by atoms with Gasteiger partial charge in [-0.25, -0.2) is 4.39 Å². The second-order valence-corrected chi connectivity index (χ2v) is 11.6. The van der Waals surface area contributed by atoms with Crippen molar-refractivity contribution in [2.24, 2.45) is 0 Å². The van der Waals surface area contributed by atoms with E-state index in [-0.39, 0.29) is 37.1 Å². The Bertz CT molecular complexity index is 1750. The van der Waals surface area contributed by atoms with Crippen molar-refractivity contribution in [3.63, 3.8) is 0 Å². The molecule has 0 saturated carbocycles. The number of fused-ring (bicyclic) bond motifs is 7. The zero-order valence-electron chi connectivity index (χ0n) is 26.0. The number of piperidine rings is 1. The summed E-state index contributed by atoms with van der Waals surface area (Å²) in [5.74, 6) is -0.210. The van der Waals surface area contributed by atoms with Crippen LogP contribution < -0.4 is 24.8 Å². The summed E-state index contributed by atoms with van der Waals surface area (Å²) >= 11 is 0. The third-order valence-corrected chi connectivity index (χ3v) is 8.40. The van der Waals surface area contributed by atoms with E-state index in [1.165, 1.54) is 19.2 Å². The van der Waals surface area contributed by atoms with Crippen LogP contribution in [0.2, 0.25) is 0 Å². The topological polar surface area (TPSA) is 135 Å². The number of benzene rings is 3. The largest absolute Gasteiger partial charge is 0.496 e. The van der Waals surface area contributed by atoms with Crippen LogP contribution in [0.15, 0.2) is 73.1 Å². The zero-order chi connectivity index (χ0) is 32.8. The number of aromatic nitrogens is 2. The molecule has 3 aliphatic heterocycles. The van der Waals surface area contributed by atoms with Crippen LogP contribution in [0.4, 0.5) is 4.39 Å². The fourth-order valence-corrected chi connectivity index (χ4v) is 5.86. The van der Waals surface area contributed by atoms with E-state index in [1.807, 2.05) is 12.3 Å². The van der Waals surface area contributed by atoms with Crippen LogP contribution in [0, 0.1) is 5.82 Å². The van der Waals surface area contributed by atoms with Gasteiger partial charge in [0, 0.05) is 50.3 Å². The predicted molar refractivity (Wildman–Crippen MR) is 171 cm³/mol. The number of amides is 3. The van der Waals surface area contributed by atoms with E-state index < -0.39 is 23.9 Å². The SMILES string of the molecule is COc1cc2ccc1CNC(=O)COc1cccc(c1)-c1ccc(F)c(c1)C(=O)N[C@@H]1CN(C(=O)CCCc3cn[nH]c3)CC[C@@H]1O2. The molecule has 0 radical (unpaired) electrons. The third kappa shape index (κ3) is 7.71. The number of rotatable bonds is 5. The van der Waals surface area contributed by atoms with Gasteiger partial charge in [-0.05, 0) is 65.9 Å². The number of carbonyl (C=O) groups is 3. The quantitative estimate of drug-likeness (QED) is 0.300. The van der Waals surface area contributed by atoms with E-state index in [1.54, 1.807) is 53.6 Å². The van der Waals surface area contributed by atoms with Gasteiger partial charge in [0.1, 0.15) is 29.2 Å². The summed E-state index contributed by atoms with van der Waals surface area (Å²) < 4.78 is 32.9. The number of nitrogens with zero attached hydrogens (tertiary/aromatic N) is 2. The van der Waals surface area contributed by atoms with E-state index >= 15 is 4.39 Å². The predicted octanol–water partition coefficient (Wildman–Crippen LogP) is 4.03. The van der Waals surface area contributed by atoms with Crippen molar-refractivity contribution < 1.29 is 33.0 Å². The second-order valence-electron chi connectivity index (χ2n) is 11.6. The van der Waals surface area contributed by atoms with Crippen molar-refractivity contribution in [2.45, 2.75) is 44.4 Å². The molecule has 1 saturated heterocycles. The highest BCUT2D eigenvalue weighted by Crippen LogP contribution is 2.29. The lowest BCUT2D eigenvalue weighted by Gasteiger charge is -2.39. The Kier molecular flexibility index (Phi) is 9.65. The highest BCUT2D eigenvalue weighted by atomic mass is 19.1. The summed E-state index contributed by atoms with van der Waals surface area (Å²) in [6.45, 7) is 0.634. The second kappa shape index (κ2) is 14.4. The molecule has 6 bridgehead atoms. The van der Waals surface area contributed by atoms with Crippen LogP contribution in [-0.4, -0.2) is 71.8 Å². The van der Waals surface area contributed by atoms with Gasteiger partial charge >= 0.3 is 0 Å². The fourth-order valence-electron chi connectivity index (χ4n) is 5.86. The summed E-state index contributed by atoms with van der Waals surface area (Å²) in [6.07, 6.45) is 5.18. The van der Waals surface area contributed by atoms with Crippen LogP contribution in [0.25, 0.3) is 11.1 Å². The molecule has 3 N–H and O–H groups in total. The molecule has 47 heavy (non-hydrogen) atoms. The van der Waals surface area contributed by atoms with Gasteiger partial charge in [-0.2, -0.15) is 5.10 Å². The summed E-state index contributed by atoms with van der Waals surface area (Å²) in [4.78, 5) is 41.3. The Morgan fingerprint density at radius 2 is 1.96 bits per heavy atom. The summed E-state index contributed by atoms with van der Waals surface area (Å²) in [7, 11) is 1.53. The van der Waals surface area contributed by atoms with Gasteiger partial charge in [0.25, 0.3) is 11.8 Å². The van der Waals surface area contributed by atoms with Gasteiger partial charge in [-0.1, -0.05) is 18.2 Å². The maximum absolute atomic E-state index is 15.2. The average molecular weight is 642 g/mol. The lowest BCUT2D eigenvalue weighted by Crippen LogP contribution is -2.58. The van der Waals surface area contributed by atoms with Gasteiger partial charge in [-0.3, -0.25) is 19.5 Å². The van der Waals surface area contributed by atoms with Crippen molar-refractivity contribution in [3.8, 4) is 28.4 Å². The minimum atomic E-state index is -0.682. The van der Waals surface area contributed by atoms with E-state index in [0.717, 1.165) is 11.1 Å². The van der Waals surface area contributed by atoms with Crippen molar-refractivity contribution in [1.29, 1.82) is 0 Å². The number of H-pyrrole nitrogens is 1. The summed E-state index contributed by atoms with van der Waals surface area (Å²) in [5, 5.41) is 12.5. The number of aryl methyl sites for hydroxylation is 1. The lowest BCUT2D eigenvalue weighted by molar-refractivity contribution is -0.133. The highest BCUT2D eigenvalue weighted by Gasteiger charge is 2.35. The Hall–Kier alpha value is -5.39. The van der Waals surface area contributed by atoms with Gasteiger partial charge in [0.15, 0.2) is 6.61 Å². The Morgan fingerprint density at radius 3 is 2.79 bits per heavy atom. The van der Waals surface area contributed by atoms with Gasteiger partial charge < -0.3 is 29.7 Å². The van der Waals surface area contributed by atoms with E-state index in [4.69, 9.17) is 14.2 Å². The normalized spacial score (nSPS) is 18.2. The highest BCUT2D eigenvalue weighted by molar-refractivity contribution is 5.96. The van der Waals surface area contributed by atoms with E-state index in [2.05, 4.69) is 20.8 Å². The monoisotopic (exact) mass is 641 g/mol. The van der Waals surface area contributed by atoms with E-state index in [0.29, 0.717) is 60.6 Å². The Balaban J connectivity index is 1.29. The van der Waals surface area contributed by atoms with Gasteiger partial charge in [0.2, 0.25) is 5.91 Å². The van der Waals surface area contributed by atoms with Crippen molar-refractivity contribution in [2.75, 3.05) is 26.8 Å². The molecule has 1 aromatic heterocycles. The molecule has 0 unspecified atom stereocenters. The number of halogens is 1. The third-order valence-electron chi connectivity index (χ3n) is 8.40. The molecule has 11 nitrogen and oxygen atoms in total. The van der Waals surface area contributed by atoms with Crippen LogP contribution in [0.5, 0.6) is 17.2 Å². The molecule has 7 rings (SSSR count).